The molecule has 1 aromatic rings. The zero-order valence-corrected chi connectivity index (χ0v) is 21.6. The van der Waals surface area contributed by atoms with E-state index in [4.69, 9.17) is 10.00 Å². The molecule has 0 amide bonds. The number of fused-ring (bicyclic) bond motifs is 5. The SMILES string of the molecule is CCOC[C@@]1(O)CC[C@H]2[C@H](CC[C@@H]3[C@@H]2CC[C@]2(C)C([C@H](CC)Cn4ccc(C#N)n4)CC[C@@H]32)C1. The van der Waals surface area contributed by atoms with Gasteiger partial charge in [-0.25, -0.2) is 0 Å². The van der Waals surface area contributed by atoms with E-state index < -0.39 is 5.60 Å². The third kappa shape index (κ3) is 4.24. The van der Waals surface area contributed by atoms with Crippen LogP contribution in [0.4, 0.5) is 0 Å². The van der Waals surface area contributed by atoms with E-state index in [0.29, 0.717) is 36.2 Å². The zero-order valence-electron chi connectivity index (χ0n) is 21.6. The summed E-state index contributed by atoms with van der Waals surface area (Å²) < 4.78 is 7.67. The van der Waals surface area contributed by atoms with E-state index in [1.165, 1.54) is 51.4 Å². The molecule has 5 heteroatoms. The van der Waals surface area contributed by atoms with E-state index in [1.54, 1.807) is 0 Å². The van der Waals surface area contributed by atoms with E-state index in [2.05, 4.69) is 25.0 Å². The average molecular weight is 468 g/mol. The fourth-order valence-electron chi connectivity index (χ4n) is 9.50. The summed E-state index contributed by atoms with van der Waals surface area (Å²) >= 11 is 0. The van der Waals surface area contributed by atoms with Crippen molar-refractivity contribution in [2.24, 2.45) is 46.8 Å². The first-order valence-electron chi connectivity index (χ1n) is 14.1. The molecule has 0 aliphatic heterocycles. The molecule has 0 bridgehead atoms. The first-order valence-corrected chi connectivity index (χ1v) is 14.1. The minimum absolute atomic E-state index is 0.449. The Morgan fingerprint density at radius 2 is 1.97 bits per heavy atom. The molecule has 1 aromatic heterocycles. The third-order valence-electron chi connectivity index (χ3n) is 11.0. The number of aromatic nitrogens is 2. The molecule has 34 heavy (non-hydrogen) atoms. The molecular formula is C29H45N3O2. The molecule has 0 aromatic carbocycles. The van der Waals surface area contributed by atoms with Crippen LogP contribution < -0.4 is 0 Å². The van der Waals surface area contributed by atoms with Gasteiger partial charge in [-0.15, -0.1) is 0 Å². The minimum Gasteiger partial charge on any atom is -0.387 e. The predicted octanol–water partition coefficient (Wildman–Crippen LogP) is 5.82. The molecule has 1 heterocycles. The first kappa shape index (κ1) is 24.3. The number of nitrogens with zero attached hydrogens (tertiary/aromatic N) is 3. The fourth-order valence-corrected chi connectivity index (χ4v) is 9.50. The van der Waals surface area contributed by atoms with Crippen molar-refractivity contribution in [3.8, 4) is 6.07 Å². The zero-order chi connectivity index (χ0) is 23.9. The molecule has 5 rings (SSSR count). The minimum atomic E-state index is -0.585. The normalized spacial score (nSPS) is 42.3. The highest BCUT2D eigenvalue weighted by Crippen LogP contribution is 2.66. The van der Waals surface area contributed by atoms with Gasteiger partial charge in [0.15, 0.2) is 5.69 Å². The average Bonchev–Trinajstić information content (AvgIpc) is 3.44. The number of aliphatic hydroxyl groups is 1. The second kappa shape index (κ2) is 9.58. The Hall–Kier alpha value is -1.38. The molecule has 1 unspecified atom stereocenters. The van der Waals surface area contributed by atoms with Gasteiger partial charge in [-0.05, 0) is 118 Å². The summed E-state index contributed by atoms with van der Waals surface area (Å²) in [5, 5.41) is 24.8. The van der Waals surface area contributed by atoms with E-state index in [1.807, 2.05) is 23.9 Å². The van der Waals surface area contributed by atoms with Crippen LogP contribution in [0, 0.1) is 58.2 Å². The van der Waals surface area contributed by atoms with Crippen molar-refractivity contribution in [3.63, 3.8) is 0 Å². The van der Waals surface area contributed by atoms with Crippen LogP contribution in [-0.2, 0) is 11.3 Å². The highest BCUT2D eigenvalue weighted by Gasteiger charge is 2.58. The van der Waals surface area contributed by atoms with Crippen LogP contribution in [0.15, 0.2) is 12.3 Å². The molecule has 9 atom stereocenters. The molecule has 4 saturated carbocycles. The van der Waals surface area contributed by atoms with Gasteiger partial charge in [-0.3, -0.25) is 4.68 Å². The van der Waals surface area contributed by atoms with Crippen LogP contribution in [0.3, 0.4) is 0 Å². The largest absolute Gasteiger partial charge is 0.387 e. The van der Waals surface area contributed by atoms with Crippen LogP contribution in [0.2, 0.25) is 0 Å². The van der Waals surface area contributed by atoms with Crippen molar-refractivity contribution in [1.29, 1.82) is 5.26 Å². The molecule has 4 aliphatic rings. The molecule has 1 N–H and O–H groups in total. The Morgan fingerprint density at radius 1 is 1.15 bits per heavy atom. The lowest BCUT2D eigenvalue weighted by Crippen LogP contribution is -2.52. The molecule has 5 nitrogen and oxygen atoms in total. The van der Waals surface area contributed by atoms with Crippen molar-refractivity contribution in [1.82, 2.24) is 9.78 Å². The van der Waals surface area contributed by atoms with Gasteiger partial charge in [0, 0.05) is 19.3 Å². The maximum Gasteiger partial charge on any atom is 0.162 e. The van der Waals surface area contributed by atoms with Gasteiger partial charge in [0.25, 0.3) is 0 Å². The lowest BCUT2D eigenvalue weighted by molar-refractivity contribution is -0.130. The van der Waals surface area contributed by atoms with Crippen molar-refractivity contribution in [3.05, 3.63) is 18.0 Å². The van der Waals surface area contributed by atoms with E-state index in [-0.39, 0.29) is 0 Å². The Labute approximate surface area is 206 Å². The predicted molar refractivity (Wildman–Crippen MR) is 133 cm³/mol. The van der Waals surface area contributed by atoms with E-state index in [9.17, 15) is 5.11 Å². The molecular weight excluding hydrogens is 422 g/mol. The second-order valence-corrected chi connectivity index (χ2v) is 12.5. The topological polar surface area (TPSA) is 71.1 Å². The smallest absolute Gasteiger partial charge is 0.162 e. The molecule has 188 valence electrons. The summed E-state index contributed by atoms with van der Waals surface area (Å²) in [6.07, 6.45) is 14.4. The number of rotatable bonds is 7. The molecule has 0 spiro atoms. The highest BCUT2D eigenvalue weighted by atomic mass is 16.5. The monoisotopic (exact) mass is 467 g/mol. The number of hydrogen-bond donors (Lipinski definition) is 1. The standard InChI is InChI=1S/C29H45N3O2/c1-4-20(18-32-15-12-22(17-30)31-32)26-8-9-27-25-7-6-21-16-29(33,19-34-5-2)14-11-23(21)24(25)10-13-28(26,27)3/h12,15,20-21,23-27,33H,4-11,13-14,16,18-19H2,1-3H3/t20-,21-,23+,24-,25-,26?,27+,28-,29-/m1/s1. The quantitative estimate of drug-likeness (QED) is 0.549. The maximum atomic E-state index is 11.1. The highest BCUT2D eigenvalue weighted by molar-refractivity contribution is 5.16. The molecule has 4 aliphatic carbocycles. The summed E-state index contributed by atoms with van der Waals surface area (Å²) in [6.45, 7) is 9.16. The Balaban J connectivity index is 1.27. The Morgan fingerprint density at radius 3 is 2.71 bits per heavy atom. The van der Waals surface area contributed by atoms with Gasteiger partial charge < -0.3 is 9.84 Å². The molecule has 0 radical (unpaired) electrons. The second-order valence-electron chi connectivity index (χ2n) is 12.5. The van der Waals surface area contributed by atoms with Gasteiger partial charge in [0.2, 0.25) is 0 Å². The number of nitriles is 1. The van der Waals surface area contributed by atoms with Crippen LogP contribution in [0.1, 0.15) is 90.7 Å². The van der Waals surface area contributed by atoms with Crippen LogP contribution in [-0.4, -0.2) is 33.7 Å². The Kier molecular flexibility index (Phi) is 6.85. The summed E-state index contributed by atoms with van der Waals surface area (Å²) in [5.74, 6) is 5.53. The molecule has 4 fully saturated rings. The third-order valence-corrected chi connectivity index (χ3v) is 11.0. The van der Waals surface area contributed by atoms with Crippen molar-refractivity contribution in [2.75, 3.05) is 13.2 Å². The van der Waals surface area contributed by atoms with Crippen molar-refractivity contribution in [2.45, 2.75) is 97.1 Å². The van der Waals surface area contributed by atoms with Gasteiger partial charge in [-0.1, -0.05) is 20.3 Å². The van der Waals surface area contributed by atoms with Crippen molar-refractivity contribution >= 4 is 0 Å². The van der Waals surface area contributed by atoms with Gasteiger partial charge in [0.1, 0.15) is 6.07 Å². The molecule has 0 saturated heterocycles. The van der Waals surface area contributed by atoms with Gasteiger partial charge in [-0.2, -0.15) is 10.4 Å². The summed E-state index contributed by atoms with van der Waals surface area (Å²) in [4.78, 5) is 0. The van der Waals surface area contributed by atoms with E-state index >= 15 is 0 Å². The van der Waals surface area contributed by atoms with Gasteiger partial charge in [0.05, 0.1) is 12.2 Å². The van der Waals surface area contributed by atoms with Crippen molar-refractivity contribution < 1.29 is 9.84 Å². The summed E-state index contributed by atoms with van der Waals surface area (Å²) in [7, 11) is 0. The van der Waals surface area contributed by atoms with Gasteiger partial charge >= 0.3 is 0 Å². The fraction of sp³-hybridized carbons (Fsp3) is 0.862. The lowest BCUT2D eigenvalue weighted by atomic mass is 9.48. The number of hydrogen-bond acceptors (Lipinski definition) is 4. The van der Waals surface area contributed by atoms with Crippen LogP contribution in [0.5, 0.6) is 0 Å². The summed E-state index contributed by atoms with van der Waals surface area (Å²) in [6, 6.07) is 4.02. The Bertz CT molecular complexity index is 892. The maximum absolute atomic E-state index is 11.1. The lowest BCUT2D eigenvalue weighted by Gasteiger charge is -2.57. The van der Waals surface area contributed by atoms with Crippen LogP contribution in [0.25, 0.3) is 0 Å². The summed E-state index contributed by atoms with van der Waals surface area (Å²) in [5.41, 5.74) is 0.394. The van der Waals surface area contributed by atoms with Crippen LogP contribution >= 0.6 is 0 Å². The number of ether oxygens (including phenoxy) is 1. The van der Waals surface area contributed by atoms with E-state index in [0.717, 1.165) is 49.0 Å². The first-order chi connectivity index (χ1) is 16.4.